The number of phenolic OH excluding ortho intramolecular Hbond substituents is 1. The van der Waals surface area contributed by atoms with Gasteiger partial charge in [-0.1, -0.05) is 18.1 Å². The van der Waals surface area contributed by atoms with Crippen LogP contribution in [-0.4, -0.2) is 39.5 Å². The monoisotopic (exact) mass is 316 g/mol. The van der Waals surface area contributed by atoms with Gasteiger partial charge in [-0.3, -0.25) is 15.1 Å². The summed E-state index contributed by atoms with van der Waals surface area (Å²) >= 11 is 1.49. The lowest BCUT2D eigenvalue weighted by Gasteiger charge is -2.13. The molecule has 0 aliphatic rings. The van der Waals surface area contributed by atoms with E-state index in [1.807, 2.05) is 18.2 Å². The molecule has 3 N–H and O–H groups in total. The number of carboxylic acid groups (broad SMARTS) is 1. The summed E-state index contributed by atoms with van der Waals surface area (Å²) in [5.41, 5.74) is 1.56. The predicted molar refractivity (Wildman–Crippen MR) is 87.8 cm³/mol. The molecular weight excluding hydrogens is 300 g/mol. The lowest BCUT2D eigenvalue weighted by Crippen LogP contribution is -2.38. The predicted octanol–water partition coefficient (Wildman–Crippen LogP) is 1.85. The summed E-state index contributed by atoms with van der Waals surface area (Å²) in [6, 6.07) is 6.46. The molecule has 1 heterocycles. The summed E-state index contributed by atoms with van der Waals surface area (Å²) in [7, 11) is 0. The lowest BCUT2D eigenvalue weighted by molar-refractivity contribution is -0.138. The van der Waals surface area contributed by atoms with Crippen molar-refractivity contribution in [2.24, 2.45) is 0 Å². The minimum atomic E-state index is -0.917. The number of aromatic nitrogens is 1. The number of terminal acetylenes is 1. The summed E-state index contributed by atoms with van der Waals surface area (Å²) in [4.78, 5) is 15.3. The van der Waals surface area contributed by atoms with Crippen molar-refractivity contribution in [3.05, 3.63) is 36.0 Å². The van der Waals surface area contributed by atoms with Gasteiger partial charge in [0.2, 0.25) is 0 Å². The summed E-state index contributed by atoms with van der Waals surface area (Å²) < 4.78 is 0. The van der Waals surface area contributed by atoms with Crippen LogP contribution in [0.3, 0.4) is 0 Å². The molecule has 22 heavy (non-hydrogen) atoms. The highest BCUT2D eigenvalue weighted by molar-refractivity contribution is 7.98. The van der Waals surface area contributed by atoms with E-state index in [4.69, 9.17) is 11.5 Å². The molecule has 0 radical (unpaired) electrons. The fourth-order valence-electron chi connectivity index (χ4n) is 2.03. The van der Waals surface area contributed by atoms with Crippen LogP contribution in [-0.2, 0) is 10.5 Å². The van der Waals surface area contributed by atoms with Crippen molar-refractivity contribution in [2.75, 3.05) is 12.3 Å². The average molecular weight is 316 g/mol. The Balaban J connectivity index is 2.04. The molecule has 0 bridgehead atoms. The molecule has 2 aromatic rings. The van der Waals surface area contributed by atoms with Gasteiger partial charge in [-0.05, 0) is 17.7 Å². The lowest BCUT2D eigenvalue weighted by atomic mass is 10.1. The van der Waals surface area contributed by atoms with Crippen molar-refractivity contribution < 1.29 is 15.0 Å². The Morgan fingerprint density at radius 2 is 2.27 bits per heavy atom. The highest BCUT2D eigenvalue weighted by atomic mass is 32.2. The van der Waals surface area contributed by atoms with Gasteiger partial charge in [-0.15, -0.1) is 6.42 Å². The Bertz CT molecular complexity index is 712. The molecule has 6 heteroatoms. The number of hydrogen-bond acceptors (Lipinski definition) is 5. The molecule has 1 unspecified atom stereocenters. The molecule has 114 valence electrons. The van der Waals surface area contributed by atoms with Crippen LogP contribution in [0.2, 0.25) is 0 Å². The summed E-state index contributed by atoms with van der Waals surface area (Å²) in [6.07, 6.45) is 6.76. The number of carboxylic acids is 1. The van der Waals surface area contributed by atoms with E-state index >= 15 is 0 Å². The van der Waals surface area contributed by atoms with Crippen molar-refractivity contribution in [3.8, 4) is 18.1 Å². The minimum Gasteiger partial charge on any atom is -0.506 e. The Kier molecular flexibility index (Phi) is 5.64. The summed E-state index contributed by atoms with van der Waals surface area (Å²) in [5, 5.41) is 22.6. The second-order valence-electron chi connectivity index (χ2n) is 4.63. The van der Waals surface area contributed by atoms with Crippen LogP contribution in [0.5, 0.6) is 5.75 Å². The molecule has 0 aliphatic carbocycles. The molecule has 0 saturated heterocycles. The van der Waals surface area contributed by atoms with Gasteiger partial charge in [0.15, 0.2) is 0 Å². The van der Waals surface area contributed by atoms with E-state index in [1.54, 1.807) is 12.3 Å². The zero-order chi connectivity index (χ0) is 15.9. The van der Waals surface area contributed by atoms with Crippen molar-refractivity contribution in [1.82, 2.24) is 10.3 Å². The number of carbonyl (C=O) groups is 1. The molecule has 1 aromatic carbocycles. The summed E-state index contributed by atoms with van der Waals surface area (Å²) in [6.45, 7) is 0.226. The number of phenols is 1. The first-order valence-electron chi connectivity index (χ1n) is 6.66. The molecule has 1 aromatic heterocycles. The van der Waals surface area contributed by atoms with E-state index in [2.05, 4.69) is 16.2 Å². The maximum Gasteiger partial charge on any atom is 0.321 e. The van der Waals surface area contributed by atoms with Crippen LogP contribution >= 0.6 is 11.8 Å². The highest BCUT2D eigenvalue weighted by Crippen LogP contribution is 2.28. The topological polar surface area (TPSA) is 82.5 Å². The molecule has 2 rings (SSSR count). The maximum absolute atomic E-state index is 11.1. The highest BCUT2D eigenvalue weighted by Gasteiger charge is 2.16. The minimum absolute atomic E-state index is 0.142. The molecule has 0 fully saturated rings. The van der Waals surface area contributed by atoms with Gasteiger partial charge >= 0.3 is 5.97 Å². The van der Waals surface area contributed by atoms with E-state index in [-0.39, 0.29) is 12.3 Å². The molecular formula is C16H16N2O3S. The van der Waals surface area contributed by atoms with Gasteiger partial charge < -0.3 is 10.2 Å². The molecule has 0 aliphatic heterocycles. The Morgan fingerprint density at radius 1 is 1.45 bits per heavy atom. The third kappa shape index (κ3) is 3.91. The summed E-state index contributed by atoms with van der Waals surface area (Å²) in [5.74, 6) is 2.63. The SMILES string of the molecule is C#CCNC(CSCc1ccc(O)c2ncccc12)C(=O)O. The van der Waals surface area contributed by atoms with Crippen LogP contribution < -0.4 is 5.32 Å². The zero-order valence-corrected chi connectivity index (χ0v) is 12.6. The van der Waals surface area contributed by atoms with Gasteiger partial charge in [0.05, 0.1) is 6.54 Å². The molecule has 1 atom stereocenters. The number of nitrogens with one attached hydrogen (secondary N) is 1. The number of fused-ring (bicyclic) bond motifs is 1. The van der Waals surface area contributed by atoms with Gasteiger partial charge in [-0.2, -0.15) is 11.8 Å². The van der Waals surface area contributed by atoms with Crippen molar-refractivity contribution in [3.63, 3.8) is 0 Å². The van der Waals surface area contributed by atoms with Crippen LogP contribution in [0.1, 0.15) is 5.56 Å². The molecule has 0 saturated carbocycles. The van der Waals surface area contributed by atoms with E-state index in [0.29, 0.717) is 17.0 Å². The Hall–Kier alpha value is -2.23. The van der Waals surface area contributed by atoms with Crippen LogP contribution in [0.15, 0.2) is 30.5 Å². The number of thioether (sulfide) groups is 1. The number of benzene rings is 1. The Labute approximate surface area is 132 Å². The fourth-order valence-corrected chi connectivity index (χ4v) is 3.11. The van der Waals surface area contributed by atoms with Gasteiger partial charge in [0, 0.05) is 23.1 Å². The normalized spacial score (nSPS) is 12.0. The van der Waals surface area contributed by atoms with E-state index in [1.165, 1.54) is 11.8 Å². The number of aliphatic carboxylic acids is 1. The number of rotatable bonds is 7. The first kappa shape index (κ1) is 16.1. The second-order valence-corrected chi connectivity index (χ2v) is 5.66. The number of nitrogens with zero attached hydrogens (tertiary/aromatic N) is 1. The number of aromatic hydroxyl groups is 1. The van der Waals surface area contributed by atoms with E-state index in [0.717, 1.165) is 10.9 Å². The zero-order valence-electron chi connectivity index (χ0n) is 11.8. The Morgan fingerprint density at radius 3 is 3.00 bits per heavy atom. The quantitative estimate of drug-likeness (QED) is 0.676. The first-order chi connectivity index (χ1) is 10.6. The van der Waals surface area contributed by atoms with Crippen molar-refractivity contribution in [2.45, 2.75) is 11.8 Å². The van der Waals surface area contributed by atoms with Gasteiger partial charge in [-0.25, -0.2) is 0 Å². The molecule has 0 amide bonds. The maximum atomic E-state index is 11.1. The number of hydrogen-bond donors (Lipinski definition) is 3. The van der Waals surface area contributed by atoms with Gasteiger partial charge in [0.1, 0.15) is 17.3 Å². The van der Waals surface area contributed by atoms with Crippen LogP contribution in [0.25, 0.3) is 10.9 Å². The fraction of sp³-hybridized carbons (Fsp3) is 0.250. The average Bonchev–Trinajstić information content (AvgIpc) is 2.52. The largest absolute Gasteiger partial charge is 0.506 e. The van der Waals surface area contributed by atoms with Crippen molar-refractivity contribution >= 4 is 28.6 Å². The standard InChI is InChI=1S/C16H16N2O3S/c1-2-7-17-13(16(20)21)10-22-9-11-5-6-14(19)15-12(11)4-3-8-18-15/h1,3-6,8,13,17,19H,7,9-10H2,(H,20,21). The van der Waals surface area contributed by atoms with Gasteiger partial charge in [0.25, 0.3) is 0 Å². The molecule has 5 nitrogen and oxygen atoms in total. The van der Waals surface area contributed by atoms with Crippen LogP contribution in [0.4, 0.5) is 0 Å². The number of pyridine rings is 1. The van der Waals surface area contributed by atoms with E-state index < -0.39 is 12.0 Å². The third-order valence-electron chi connectivity index (χ3n) is 3.13. The van der Waals surface area contributed by atoms with Crippen LogP contribution in [0, 0.1) is 12.3 Å². The second kappa shape index (κ2) is 7.69. The third-order valence-corrected chi connectivity index (χ3v) is 4.21. The van der Waals surface area contributed by atoms with Crippen molar-refractivity contribution in [1.29, 1.82) is 0 Å². The smallest absolute Gasteiger partial charge is 0.321 e. The molecule has 0 spiro atoms. The van der Waals surface area contributed by atoms with E-state index in [9.17, 15) is 9.90 Å². The first-order valence-corrected chi connectivity index (χ1v) is 7.82.